The van der Waals surface area contributed by atoms with Gasteiger partial charge in [-0.1, -0.05) is 22.4 Å². The highest BCUT2D eigenvalue weighted by molar-refractivity contribution is 9.10. The molecule has 9 nitrogen and oxygen atoms in total. The molecule has 214 valence electrons. The lowest BCUT2D eigenvalue weighted by atomic mass is 9.85. The van der Waals surface area contributed by atoms with Crippen LogP contribution >= 0.6 is 15.9 Å². The number of hydrogen-bond donors (Lipinski definition) is 2. The van der Waals surface area contributed by atoms with Crippen molar-refractivity contribution in [3.8, 4) is 5.88 Å². The molecule has 2 amide bonds. The molecule has 0 unspecified atom stereocenters. The van der Waals surface area contributed by atoms with Crippen LogP contribution in [-0.2, 0) is 4.79 Å². The smallest absolute Gasteiger partial charge is 0.280 e. The quantitative estimate of drug-likeness (QED) is 0.374. The fourth-order valence-electron chi connectivity index (χ4n) is 5.76. The van der Waals surface area contributed by atoms with Gasteiger partial charge in [-0.25, -0.2) is 4.98 Å². The Bertz CT molecular complexity index is 1380. The van der Waals surface area contributed by atoms with Crippen molar-refractivity contribution in [3.63, 3.8) is 0 Å². The van der Waals surface area contributed by atoms with Gasteiger partial charge in [-0.2, -0.15) is 4.99 Å². The normalized spacial score (nSPS) is 20.6. The first-order valence-electron chi connectivity index (χ1n) is 14.5. The Morgan fingerprint density at radius 1 is 1.12 bits per heavy atom. The second-order valence-corrected chi connectivity index (χ2v) is 12.1. The predicted molar refractivity (Wildman–Crippen MR) is 158 cm³/mol. The van der Waals surface area contributed by atoms with Crippen molar-refractivity contribution in [2.75, 3.05) is 26.2 Å². The highest BCUT2D eigenvalue weighted by atomic mass is 79.9. The summed E-state index contributed by atoms with van der Waals surface area (Å²) in [6, 6.07) is 9.37. The lowest BCUT2D eigenvalue weighted by Gasteiger charge is -2.29. The molecule has 2 aromatic heterocycles. The van der Waals surface area contributed by atoms with Crippen molar-refractivity contribution >= 4 is 38.8 Å². The number of ether oxygens (including phenoxy) is 1. The second-order valence-electron chi connectivity index (χ2n) is 11.2. The summed E-state index contributed by atoms with van der Waals surface area (Å²) in [4.78, 5) is 40.6. The van der Waals surface area contributed by atoms with Crippen LogP contribution in [0.25, 0.3) is 11.0 Å². The molecule has 3 heterocycles. The van der Waals surface area contributed by atoms with Crippen molar-refractivity contribution in [3.05, 3.63) is 52.2 Å². The van der Waals surface area contributed by atoms with Crippen LogP contribution in [0.5, 0.6) is 5.88 Å². The maximum Gasteiger partial charge on any atom is 0.280 e. The summed E-state index contributed by atoms with van der Waals surface area (Å²) in [7, 11) is 0. The molecule has 2 fully saturated rings. The first kappa shape index (κ1) is 28.5. The van der Waals surface area contributed by atoms with E-state index in [0.29, 0.717) is 23.7 Å². The number of carbonyl (C=O) groups excluding carboxylic acids is 2. The van der Waals surface area contributed by atoms with E-state index in [1.807, 2.05) is 32.0 Å². The molecule has 5 rings (SSSR count). The fraction of sp³-hybridized carbons (Fsp3) is 0.533. The monoisotopic (exact) mass is 610 g/mol. The third-order valence-corrected chi connectivity index (χ3v) is 8.39. The molecule has 1 aromatic carbocycles. The molecule has 0 spiro atoms. The summed E-state index contributed by atoms with van der Waals surface area (Å²) in [6.07, 6.45) is 8.77. The summed E-state index contributed by atoms with van der Waals surface area (Å²) >= 11 is 3.42. The van der Waals surface area contributed by atoms with E-state index in [1.165, 1.54) is 19.3 Å². The zero-order valence-electron chi connectivity index (χ0n) is 23.4. The van der Waals surface area contributed by atoms with Crippen LogP contribution < -0.4 is 15.7 Å². The van der Waals surface area contributed by atoms with Crippen LogP contribution in [0.4, 0.5) is 0 Å². The van der Waals surface area contributed by atoms with E-state index in [9.17, 15) is 9.59 Å². The van der Waals surface area contributed by atoms with Crippen molar-refractivity contribution < 1.29 is 14.3 Å². The van der Waals surface area contributed by atoms with Crippen LogP contribution in [0.15, 0.2) is 46.0 Å². The molecule has 1 saturated heterocycles. The topological polar surface area (TPSA) is 105 Å². The third kappa shape index (κ3) is 7.01. The van der Waals surface area contributed by atoms with E-state index in [2.05, 4.69) is 45.7 Å². The molecule has 3 aromatic rings. The van der Waals surface area contributed by atoms with Gasteiger partial charge in [-0.15, -0.1) is 0 Å². The molecule has 1 saturated carbocycles. The number of aromatic amines is 1. The summed E-state index contributed by atoms with van der Waals surface area (Å²) in [5.74, 6) is 0.377. The number of nitrogens with one attached hydrogen (secondary N) is 2. The van der Waals surface area contributed by atoms with Gasteiger partial charge >= 0.3 is 0 Å². The number of piperidine rings is 1. The Hall–Kier alpha value is -2.98. The van der Waals surface area contributed by atoms with Gasteiger partial charge in [0.05, 0.1) is 17.2 Å². The average Bonchev–Trinajstić information content (AvgIpc) is 3.30. The van der Waals surface area contributed by atoms with Crippen molar-refractivity contribution in [1.29, 1.82) is 0 Å². The van der Waals surface area contributed by atoms with E-state index < -0.39 is 0 Å². The zero-order valence-corrected chi connectivity index (χ0v) is 25.0. The molecule has 40 heavy (non-hydrogen) atoms. The lowest BCUT2D eigenvalue weighted by molar-refractivity contribution is -0.126. The number of carbonyl (C=O) groups is 2. The van der Waals surface area contributed by atoms with Crippen LogP contribution in [0.3, 0.4) is 0 Å². The fourth-order valence-corrected chi connectivity index (χ4v) is 6.03. The van der Waals surface area contributed by atoms with Crippen LogP contribution in [0.1, 0.15) is 75.2 Å². The number of halogens is 1. The van der Waals surface area contributed by atoms with Crippen molar-refractivity contribution in [1.82, 2.24) is 24.8 Å². The molecule has 10 heteroatoms. The van der Waals surface area contributed by atoms with Gasteiger partial charge in [0.1, 0.15) is 6.61 Å². The molecular formula is C30H39BrN6O3. The van der Waals surface area contributed by atoms with Crippen LogP contribution in [-0.4, -0.2) is 63.5 Å². The van der Waals surface area contributed by atoms with E-state index in [0.717, 1.165) is 60.8 Å². The maximum absolute atomic E-state index is 13.1. The third-order valence-electron chi connectivity index (χ3n) is 7.86. The van der Waals surface area contributed by atoms with E-state index >= 15 is 0 Å². The molecule has 1 aliphatic heterocycles. The first-order chi connectivity index (χ1) is 19.4. The van der Waals surface area contributed by atoms with Gasteiger partial charge in [-0.05, 0) is 89.7 Å². The molecule has 2 aliphatic rings. The SMILES string of the molecule is CC(C)NC(=O)[C@H]1CC[C@@H](n2/c(=N/C(=O)c3ccc(Br)cc3)[nH]c3cnc(OCCN4CCCCC4)cc32)CC1. The summed E-state index contributed by atoms with van der Waals surface area (Å²) in [5, 5.41) is 3.06. The molecule has 0 bridgehead atoms. The molecular weight excluding hydrogens is 572 g/mol. The first-order valence-corrected chi connectivity index (χ1v) is 15.3. The van der Waals surface area contributed by atoms with E-state index in [-0.39, 0.29) is 29.8 Å². The van der Waals surface area contributed by atoms with Crippen molar-refractivity contribution in [2.24, 2.45) is 10.9 Å². The highest BCUT2D eigenvalue weighted by Gasteiger charge is 2.29. The highest BCUT2D eigenvalue weighted by Crippen LogP contribution is 2.34. The standard InChI is InChI=1S/C30H39BrN6O3/c1-20(2)33-28(38)22-8-12-24(13-9-22)37-26-18-27(40-17-16-36-14-4-3-5-15-36)32-19-25(26)34-30(37)35-29(39)21-6-10-23(31)11-7-21/h6-7,10-11,18-20,22,24H,3-5,8-9,12-17H2,1-2H3,(H,33,38)(H,34,35,39)/t22-,24+. The van der Waals surface area contributed by atoms with Gasteiger partial charge < -0.3 is 19.6 Å². The Morgan fingerprint density at radius 2 is 1.85 bits per heavy atom. The number of likely N-dealkylation sites (tertiary alicyclic amines) is 1. The minimum absolute atomic E-state index is 0.00425. The zero-order chi connectivity index (χ0) is 28.1. The number of H-pyrrole nitrogens is 1. The lowest BCUT2D eigenvalue weighted by Crippen LogP contribution is -2.38. The van der Waals surface area contributed by atoms with Gasteiger partial charge in [0.15, 0.2) is 0 Å². The maximum atomic E-state index is 13.1. The summed E-state index contributed by atoms with van der Waals surface area (Å²) in [5.41, 5.74) is 2.71. The average molecular weight is 612 g/mol. The second kappa shape index (κ2) is 13.1. The Balaban J connectivity index is 1.41. The Morgan fingerprint density at radius 3 is 2.55 bits per heavy atom. The number of benzene rings is 1. The number of fused-ring (bicyclic) bond motifs is 1. The summed E-state index contributed by atoms with van der Waals surface area (Å²) < 4.78 is 9.10. The number of hydrogen-bond acceptors (Lipinski definition) is 5. The van der Waals surface area contributed by atoms with Gasteiger partial charge in [0.25, 0.3) is 5.91 Å². The minimum atomic E-state index is -0.316. The van der Waals surface area contributed by atoms with Crippen LogP contribution in [0.2, 0.25) is 0 Å². The number of pyridine rings is 1. The largest absolute Gasteiger partial charge is 0.476 e. The number of aromatic nitrogens is 3. The molecule has 2 N–H and O–H groups in total. The Kier molecular flexibility index (Phi) is 9.36. The molecule has 0 atom stereocenters. The number of amides is 2. The molecule has 0 radical (unpaired) electrons. The predicted octanol–water partition coefficient (Wildman–Crippen LogP) is 4.99. The van der Waals surface area contributed by atoms with Crippen molar-refractivity contribution in [2.45, 2.75) is 70.9 Å². The number of imidazole rings is 1. The van der Waals surface area contributed by atoms with E-state index in [1.54, 1.807) is 18.3 Å². The minimum Gasteiger partial charge on any atom is -0.476 e. The number of nitrogens with zero attached hydrogens (tertiary/aromatic N) is 4. The van der Waals surface area contributed by atoms with Gasteiger partial charge in [-0.3, -0.25) is 14.5 Å². The summed E-state index contributed by atoms with van der Waals surface area (Å²) in [6.45, 7) is 7.70. The van der Waals surface area contributed by atoms with Gasteiger partial charge in [0, 0.05) is 40.6 Å². The molecule has 1 aliphatic carbocycles. The Labute approximate surface area is 243 Å². The van der Waals surface area contributed by atoms with Gasteiger partial charge in [0.2, 0.25) is 17.4 Å². The number of rotatable bonds is 8. The van der Waals surface area contributed by atoms with E-state index in [4.69, 9.17) is 4.74 Å². The van der Waals surface area contributed by atoms with Crippen LogP contribution in [0, 0.1) is 5.92 Å².